The van der Waals surface area contributed by atoms with Gasteiger partial charge in [0.2, 0.25) is 5.91 Å². The molecule has 1 fully saturated rings. The molecular formula is C13H23NO2. The number of hydrogen-bond acceptors (Lipinski definition) is 2. The lowest BCUT2D eigenvalue weighted by atomic mass is 9.80. The average Bonchev–Trinajstić information content (AvgIpc) is 2.24. The van der Waals surface area contributed by atoms with Crippen LogP contribution in [-0.4, -0.2) is 18.2 Å². The van der Waals surface area contributed by atoms with Crippen molar-refractivity contribution in [2.45, 2.75) is 52.4 Å². The normalized spacial score (nSPS) is 25.1. The van der Waals surface area contributed by atoms with Gasteiger partial charge in [-0.1, -0.05) is 19.8 Å². The number of ketones is 1. The molecule has 1 saturated carbocycles. The molecule has 2 atom stereocenters. The van der Waals surface area contributed by atoms with Gasteiger partial charge < -0.3 is 10.1 Å². The standard InChI is InChI=1S/C13H23NO2/c1-10-6-3-4-8-12(10)13(16)14-9-5-7-11(2)15/h10,12H,3-9H2,1-2H3,(H,14,16). The molecule has 1 rings (SSSR count). The van der Waals surface area contributed by atoms with E-state index in [0.717, 1.165) is 12.8 Å². The first-order chi connectivity index (χ1) is 7.61. The molecular weight excluding hydrogens is 202 g/mol. The second-order valence-electron chi connectivity index (χ2n) is 4.96. The van der Waals surface area contributed by atoms with Gasteiger partial charge in [-0.25, -0.2) is 0 Å². The summed E-state index contributed by atoms with van der Waals surface area (Å²) in [5, 5.41) is 2.95. The zero-order valence-electron chi connectivity index (χ0n) is 10.4. The van der Waals surface area contributed by atoms with Gasteiger partial charge in [0, 0.05) is 18.9 Å². The molecule has 0 aromatic rings. The van der Waals surface area contributed by atoms with Crippen LogP contribution in [-0.2, 0) is 9.59 Å². The maximum atomic E-state index is 11.9. The van der Waals surface area contributed by atoms with Crippen molar-refractivity contribution in [1.82, 2.24) is 5.32 Å². The highest BCUT2D eigenvalue weighted by Crippen LogP contribution is 2.29. The fraction of sp³-hybridized carbons (Fsp3) is 0.846. The summed E-state index contributed by atoms with van der Waals surface area (Å²) in [4.78, 5) is 22.6. The SMILES string of the molecule is CC(=O)CCCNC(=O)C1CCCCC1C. The number of carbonyl (C=O) groups is 2. The zero-order chi connectivity index (χ0) is 12.0. The minimum Gasteiger partial charge on any atom is -0.356 e. The van der Waals surface area contributed by atoms with Crippen LogP contribution in [0.15, 0.2) is 0 Å². The largest absolute Gasteiger partial charge is 0.356 e. The molecule has 0 radical (unpaired) electrons. The molecule has 0 aromatic heterocycles. The van der Waals surface area contributed by atoms with Gasteiger partial charge in [-0.3, -0.25) is 4.79 Å². The summed E-state index contributed by atoms with van der Waals surface area (Å²) >= 11 is 0. The van der Waals surface area contributed by atoms with Gasteiger partial charge in [0.1, 0.15) is 5.78 Å². The van der Waals surface area contributed by atoms with Crippen molar-refractivity contribution in [3.05, 3.63) is 0 Å². The lowest BCUT2D eigenvalue weighted by molar-refractivity contribution is -0.127. The lowest BCUT2D eigenvalue weighted by Crippen LogP contribution is -2.36. The molecule has 1 amide bonds. The monoisotopic (exact) mass is 225 g/mol. The minimum absolute atomic E-state index is 0.191. The van der Waals surface area contributed by atoms with Crippen LogP contribution in [0.5, 0.6) is 0 Å². The van der Waals surface area contributed by atoms with Crippen LogP contribution in [0.1, 0.15) is 52.4 Å². The highest BCUT2D eigenvalue weighted by molar-refractivity contribution is 5.79. The highest BCUT2D eigenvalue weighted by atomic mass is 16.2. The molecule has 1 N–H and O–H groups in total. The fourth-order valence-electron chi connectivity index (χ4n) is 2.39. The first-order valence-corrected chi connectivity index (χ1v) is 6.38. The molecule has 1 aliphatic carbocycles. The summed E-state index contributed by atoms with van der Waals surface area (Å²) in [6, 6.07) is 0. The van der Waals surface area contributed by atoms with Gasteiger partial charge in [-0.15, -0.1) is 0 Å². The quantitative estimate of drug-likeness (QED) is 0.730. The van der Waals surface area contributed by atoms with Crippen LogP contribution in [0.4, 0.5) is 0 Å². The summed E-state index contributed by atoms with van der Waals surface area (Å²) in [6.45, 7) is 4.39. The number of Topliss-reactive ketones (excluding diaryl/α,β-unsaturated/α-hetero) is 1. The van der Waals surface area contributed by atoms with Crippen LogP contribution in [0.3, 0.4) is 0 Å². The van der Waals surface area contributed by atoms with Crippen LogP contribution in [0.25, 0.3) is 0 Å². The van der Waals surface area contributed by atoms with E-state index in [-0.39, 0.29) is 17.6 Å². The van der Waals surface area contributed by atoms with Gasteiger partial charge in [0.25, 0.3) is 0 Å². The summed E-state index contributed by atoms with van der Waals surface area (Å²) in [6.07, 6.45) is 5.97. The number of amides is 1. The Kier molecular flexibility index (Phi) is 5.50. The molecule has 0 aromatic carbocycles. The van der Waals surface area contributed by atoms with E-state index in [0.29, 0.717) is 18.9 Å². The predicted molar refractivity (Wildman–Crippen MR) is 64.0 cm³/mol. The smallest absolute Gasteiger partial charge is 0.223 e. The second kappa shape index (κ2) is 6.66. The van der Waals surface area contributed by atoms with E-state index >= 15 is 0 Å². The van der Waals surface area contributed by atoms with Gasteiger partial charge in [0.15, 0.2) is 0 Å². The van der Waals surface area contributed by atoms with E-state index in [9.17, 15) is 9.59 Å². The molecule has 0 heterocycles. The minimum atomic E-state index is 0.191. The lowest BCUT2D eigenvalue weighted by Gasteiger charge is -2.27. The van der Waals surface area contributed by atoms with Crippen molar-refractivity contribution in [3.8, 4) is 0 Å². The Balaban J connectivity index is 2.20. The summed E-state index contributed by atoms with van der Waals surface area (Å²) in [7, 11) is 0. The van der Waals surface area contributed by atoms with Crippen LogP contribution >= 0.6 is 0 Å². The van der Waals surface area contributed by atoms with Crippen molar-refractivity contribution < 1.29 is 9.59 Å². The third-order valence-corrected chi connectivity index (χ3v) is 3.45. The van der Waals surface area contributed by atoms with Crippen molar-refractivity contribution in [3.63, 3.8) is 0 Å². The van der Waals surface area contributed by atoms with E-state index in [4.69, 9.17) is 0 Å². The van der Waals surface area contributed by atoms with Gasteiger partial charge in [0.05, 0.1) is 0 Å². The van der Waals surface area contributed by atoms with E-state index in [1.54, 1.807) is 6.92 Å². The summed E-state index contributed by atoms with van der Waals surface area (Å²) < 4.78 is 0. The number of carbonyl (C=O) groups excluding carboxylic acids is 2. The van der Waals surface area contributed by atoms with Crippen molar-refractivity contribution in [2.24, 2.45) is 11.8 Å². The van der Waals surface area contributed by atoms with Crippen molar-refractivity contribution in [2.75, 3.05) is 6.54 Å². The third-order valence-electron chi connectivity index (χ3n) is 3.45. The van der Waals surface area contributed by atoms with Crippen LogP contribution < -0.4 is 5.32 Å². The molecule has 2 unspecified atom stereocenters. The Bertz CT molecular complexity index is 250. The Morgan fingerprint density at radius 2 is 1.94 bits per heavy atom. The maximum Gasteiger partial charge on any atom is 0.223 e. The predicted octanol–water partition coefficient (Wildman–Crippen LogP) is 2.30. The van der Waals surface area contributed by atoms with Crippen LogP contribution in [0, 0.1) is 11.8 Å². The Morgan fingerprint density at radius 1 is 1.25 bits per heavy atom. The van der Waals surface area contributed by atoms with Crippen molar-refractivity contribution in [1.29, 1.82) is 0 Å². The maximum absolute atomic E-state index is 11.9. The molecule has 0 saturated heterocycles. The first-order valence-electron chi connectivity index (χ1n) is 6.38. The average molecular weight is 225 g/mol. The highest BCUT2D eigenvalue weighted by Gasteiger charge is 2.27. The Labute approximate surface area is 98.0 Å². The van der Waals surface area contributed by atoms with Gasteiger partial charge in [-0.2, -0.15) is 0 Å². The van der Waals surface area contributed by atoms with Gasteiger partial charge >= 0.3 is 0 Å². The molecule has 16 heavy (non-hydrogen) atoms. The third kappa shape index (κ3) is 4.33. The topological polar surface area (TPSA) is 46.2 Å². The Hall–Kier alpha value is -0.860. The summed E-state index contributed by atoms with van der Waals surface area (Å²) in [5.41, 5.74) is 0. The molecule has 0 spiro atoms. The molecule has 1 aliphatic rings. The van der Waals surface area contributed by atoms with E-state index in [1.807, 2.05) is 0 Å². The zero-order valence-corrected chi connectivity index (χ0v) is 10.4. The molecule has 0 aliphatic heterocycles. The van der Waals surface area contributed by atoms with E-state index in [2.05, 4.69) is 12.2 Å². The number of rotatable bonds is 5. The summed E-state index contributed by atoms with van der Waals surface area (Å²) in [5.74, 6) is 1.10. The fourth-order valence-corrected chi connectivity index (χ4v) is 2.39. The molecule has 92 valence electrons. The first kappa shape index (κ1) is 13.2. The van der Waals surface area contributed by atoms with Gasteiger partial charge in [-0.05, 0) is 32.1 Å². The van der Waals surface area contributed by atoms with Crippen LogP contribution in [0.2, 0.25) is 0 Å². The molecule has 0 bridgehead atoms. The number of hydrogen-bond donors (Lipinski definition) is 1. The van der Waals surface area contributed by atoms with E-state index in [1.165, 1.54) is 19.3 Å². The second-order valence-corrected chi connectivity index (χ2v) is 4.96. The number of nitrogens with one attached hydrogen (secondary N) is 1. The van der Waals surface area contributed by atoms with E-state index < -0.39 is 0 Å². The Morgan fingerprint density at radius 3 is 2.56 bits per heavy atom. The molecule has 3 heteroatoms. The molecule has 3 nitrogen and oxygen atoms in total. The van der Waals surface area contributed by atoms with Crippen molar-refractivity contribution >= 4 is 11.7 Å².